The van der Waals surface area contributed by atoms with Crippen molar-refractivity contribution < 1.29 is 9.90 Å². The lowest BCUT2D eigenvalue weighted by Gasteiger charge is -2.26. The van der Waals surface area contributed by atoms with Crippen LogP contribution in [0, 0.1) is 0 Å². The predicted octanol–water partition coefficient (Wildman–Crippen LogP) is 3.36. The Labute approximate surface area is 96.3 Å². The summed E-state index contributed by atoms with van der Waals surface area (Å²) < 4.78 is 0. The lowest BCUT2D eigenvalue weighted by Crippen LogP contribution is -2.08. The normalized spacial score (nSPS) is 15.8. The van der Waals surface area contributed by atoms with Gasteiger partial charge in [0.05, 0.1) is 0 Å². The largest absolute Gasteiger partial charge is 0.481 e. The number of benzene rings is 1. The first-order valence-electron chi connectivity index (χ1n) is 6.06. The zero-order valence-corrected chi connectivity index (χ0v) is 9.48. The van der Waals surface area contributed by atoms with Gasteiger partial charge in [-0.15, -0.1) is 0 Å². The van der Waals surface area contributed by atoms with Crippen LogP contribution in [0.25, 0.3) is 0 Å². The molecule has 0 saturated heterocycles. The molecule has 2 nitrogen and oxygen atoms in total. The molecule has 0 unspecified atom stereocenters. The van der Waals surface area contributed by atoms with Crippen molar-refractivity contribution in [1.29, 1.82) is 0 Å². The Balaban J connectivity index is 1.91. The average Bonchev–Trinajstić information content (AvgIpc) is 2.15. The van der Waals surface area contributed by atoms with Crippen LogP contribution in [-0.4, -0.2) is 11.1 Å². The first-order valence-corrected chi connectivity index (χ1v) is 6.06. The number of hydrogen-bond donors (Lipinski definition) is 1. The summed E-state index contributed by atoms with van der Waals surface area (Å²) in [6.45, 7) is 0. The van der Waals surface area contributed by atoms with E-state index in [1.165, 1.54) is 30.4 Å². The summed E-state index contributed by atoms with van der Waals surface area (Å²) in [4.78, 5) is 10.4. The van der Waals surface area contributed by atoms with Gasteiger partial charge in [0.1, 0.15) is 0 Å². The van der Waals surface area contributed by atoms with Crippen LogP contribution in [-0.2, 0) is 11.2 Å². The van der Waals surface area contributed by atoms with E-state index in [0.29, 0.717) is 0 Å². The average molecular weight is 218 g/mol. The number of aryl methyl sites for hydroxylation is 1. The first-order chi connectivity index (χ1) is 7.75. The fraction of sp³-hybridized carbons (Fsp3) is 0.500. The molecule has 1 aliphatic rings. The molecule has 1 aliphatic carbocycles. The van der Waals surface area contributed by atoms with E-state index in [9.17, 15) is 4.79 Å². The van der Waals surface area contributed by atoms with E-state index in [4.69, 9.17) is 5.11 Å². The molecule has 2 rings (SSSR count). The standard InChI is InChI=1S/C14H18O2/c15-14(16)9-2-5-11-4-1-8-13(10-11)12-6-3-7-12/h1,4,8,10,12H,2-3,5-7,9H2,(H,15,16). The smallest absolute Gasteiger partial charge is 0.303 e. The van der Waals surface area contributed by atoms with Crippen LogP contribution in [0.4, 0.5) is 0 Å². The van der Waals surface area contributed by atoms with E-state index < -0.39 is 5.97 Å². The first kappa shape index (κ1) is 11.2. The Morgan fingerprint density at radius 1 is 1.38 bits per heavy atom. The number of carbonyl (C=O) groups is 1. The zero-order chi connectivity index (χ0) is 11.4. The van der Waals surface area contributed by atoms with Gasteiger partial charge in [0.25, 0.3) is 0 Å². The number of hydrogen-bond acceptors (Lipinski definition) is 1. The molecule has 1 aromatic carbocycles. The van der Waals surface area contributed by atoms with Gasteiger partial charge in [-0.25, -0.2) is 0 Å². The second-order valence-electron chi connectivity index (χ2n) is 4.62. The SMILES string of the molecule is O=C(O)CCCc1cccc(C2CCC2)c1. The number of aliphatic carboxylic acids is 1. The molecule has 1 saturated carbocycles. The minimum Gasteiger partial charge on any atom is -0.481 e. The molecule has 0 heterocycles. The van der Waals surface area contributed by atoms with Gasteiger partial charge < -0.3 is 5.11 Å². The lowest BCUT2D eigenvalue weighted by atomic mass is 9.79. The van der Waals surface area contributed by atoms with E-state index >= 15 is 0 Å². The highest BCUT2D eigenvalue weighted by molar-refractivity contribution is 5.66. The number of carboxylic acids is 1. The molecular formula is C14H18O2. The highest BCUT2D eigenvalue weighted by Crippen LogP contribution is 2.36. The van der Waals surface area contributed by atoms with Crippen LogP contribution in [0.5, 0.6) is 0 Å². The molecule has 16 heavy (non-hydrogen) atoms. The second kappa shape index (κ2) is 5.15. The highest BCUT2D eigenvalue weighted by Gasteiger charge is 2.19. The van der Waals surface area contributed by atoms with Crippen molar-refractivity contribution in [2.24, 2.45) is 0 Å². The summed E-state index contributed by atoms with van der Waals surface area (Å²) in [6.07, 6.45) is 5.88. The van der Waals surface area contributed by atoms with Gasteiger partial charge in [0, 0.05) is 6.42 Å². The topological polar surface area (TPSA) is 37.3 Å². The molecule has 0 radical (unpaired) electrons. The maximum Gasteiger partial charge on any atom is 0.303 e. The van der Waals surface area contributed by atoms with Crippen molar-refractivity contribution in [3.8, 4) is 0 Å². The Bertz CT molecular complexity index is 367. The van der Waals surface area contributed by atoms with Crippen LogP contribution in [0.3, 0.4) is 0 Å². The molecule has 0 amide bonds. The molecule has 86 valence electrons. The molecule has 1 aromatic rings. The molecule has 1 N–H and O–H groups in total. The number of carboxylic acid groups (broad SMARTS) is 1. The van der Waals surface area contributed by atoms with Gasteiger partial charge in [0.2, 0.25) is 0 Å². The Hall–Kier alpha value is -1.31. The van der Waals surface area contributed by atoms with E-state index in [2.05, 4.69) is 24.3 Å². The van der Waals surface area contributed by atoms with Crippen LogP contribution in [0.2, 0.25) is 0 Å². The fourth-order valence-corrected chi connectivity index (χ4v) is 2.19. The summed E-state index contributed by atoms with van der Waals surface area (Å²) in [5.41, 5.74) is 2.73. The lowest BCUT2D eigenvalue weighted by molar-refractivity contribution is -0.137. The van der Waals surface area contributed by atoms with Gasteiger partial charge in [-0.1, -0.05) is 30.7 Å². The summed E-state index contributed by atoms with van der Waals surface area (Å²) >= 11 is 0. The van der Waals surface area contributed by atoms with Crippen LogP contribution >= 0.6 is 0 Å². The Morgan fingerprint density at radius 2 is 2.19 bits per heavy atom. The third-order valence-electron chi connectivity index (χ3n) is 3.38. The monoisotopic (exact) mass is 218 g/mol. The molecule has 0 atom stereocenters. The van der Waals surface area contributed by atoms with Crippen molar-refractivity contribution in [3.05, 3.63) is 35.4 Å². The van der Waals surface area contributed by atoms with Crippen molar-refractivity contribution in [3.63, 3.8) is 0 Å². The summed E-state index contributed by atoms with van der Waals surface area (Å²) in [5.74, 6) is 0.0644. The zero-order valence-electron chi connectivity index (χ0n) is 9.48. The van der Waals surface area contributed by atoms with E-state index in [0.717, 1.165) is 18.8 Å². The van der Waals surface area contributed by atoms with Gasteiger partial charge in [-0.2, -0.15) is 0 Å². The number of rotatable bonds is 5. The summed E-state index contributed by atoms with van der Waals surface area (Å²) in [5, 5.41) is 8.58. The van der Waals surface area contributed by atoms with Gasteiger partial charge in [-0.3, -0.25) is 4.79 Å². The van der Waals surface area contributed by atoms with Crippen molar-refractivity contribution in [2.45, 2.75) is 44.4 Å². The van der Waals surface area contributed by atoms with Crippen LogP contribution < -0.4 is 0 Å². The van der Waals surface area contributed by atoms with Crippen molar-refractivity contribution in [1.82, 2.24) is 0 Å². The van der Waals surface area contributed by atoms with Gasteiger partial charge in [-0.05, 0) is 42.7 Å². The molecule has 0 spiro atoms. The molecule has 0 aromatic heterocycles. The van der Waals surface area contributed by atoms with E-state index in [1.54, 1.807) is 0 Å². The summed E-state index contributed by atoms with van der Waals surface area (Å²) in [6, 6.07) is 8.66. The molecule has 0 aliphatic heterocycles. The second-order valence-corrected chi connectivity index (χ2v) is 4.62. The minimum absolute atomic E-state index is 0.271. The van der Waals surface area contributed by atoms with E-state index in [1.807, 2.05) is 0 Å². The van der Waals surface area contributed by atoms with E-state index in [-0.39, 0.29) is 6.42 Å². The molecule has 2 heteroatoms. The molecule has 0 bridgehead atoms. The molecule has 1 fully saturated rings. The summed E-state index contributed by atoms with van der Waals surface area (Å²) in [7, 11) is 0. The third-order valence-corrected chi connectivity index (χ3v) is 3.38. The van der Waals surface area contributed by atoms with Crippen LogP contribution in [0.1, 0.15) is 49.1 Å². The van der Waals surface area contributed by atoms with Crippen LogP contribution in [0.15, 0.2) is 24.3 Å². The van der Waals surface area contributed by atoms with Gasteiger partial charge in [0.15, 0.2) is 0 Å². The fourth-order valence-electron chi connectivity index (χ4n) is 2.19. The minimum atomic E-state index is -0.699. The highest BCUT2D eigenvalue weighted by atomic mass is 16.4. The quantitative estimate of drug-likeness (QED) is 0.822. The Kier molecular flexibility index (Phi) is 3.60. The Morgan fingerprint density at radius 3 is 2.81 bits per heavy atom. The van der Waals surface area contributed by atoms with Crippen molar-refractivity contribution in [2.75, 3.05) is 0 Å². The molecular weight excluding hydrogens is 200 g/mol. The predicted molar refractivity (Wildman–Crippen MR) is 63.6 cm³/mol. The third kappa shape index (κ3) is 2.84. The van der Waals surface area contributed by atoms with Gasteiger partial charge >= 0.3 is 5.97 Å². The maximum atomic E-state index is 10.4. The van der Waals surface area contributed by atoms with Crippen molar-refractivity contribution >= 4 is 5.97 Å². The maximum absolute atomic E-state index is 10.4.